The minimum Gasteiger partial charge on any atom is -0.462 e. The molecule has 0 saturated heterocycles. The molecule has 24 heavy (non-hydrogen) atoms. The number of hydrogen-bond donors (Lipinski definition) is 0. The quantitative estimate of drug-likeness (QED) is 0.504. The molecule has 0 aromatic carbocycles. The molecular weight excluding hydrogens is 300 g/mol. The maximum Gasteiger partial charge on any atom is 0.305 e. The van der Waals surface area contributed by atoms with Crippen LogP contribution >= 0.6 is 0 Å². The second-order valence-corrected chi connectivity index (χ2v) is 9.10. The third-order valence-corrected chi connectivity index (χ3v) is 6.77. The maximum absolute atomic E-state index is 11.5. The second-order valence-electron chi connectivity index (χ2n) is 9.10. The predicted molar refractivity (Wildman–Crippen MR) is 95.0 cm³/mol. The first kappa shape index (κ1) is 17.6. The first-order valence-electron chi connectivity index (χ1n) is 9.36. The van der Waals surface area contributed by atoms with E-state index in [2.05, 4.69) is 34.6 Å². The van der Waals surface area contributed by atoms with Crippen LogP contribution in [0.3, 0.4) is 0 Å². The maximum atomic E-state index is 11.5. The van der Waals surface area contributed by atoms with E-state index in [0.717, 1.165) is 12.8 Å². The Morgan fingerprint density at radius 2 is 1.92 bits per heavy atom. The van der Waals surface area contributed by atoms with E-state index in [1.807, 2.05) is 6.26 Å². The molecule has 0 radical (unpaired) electrons. The predicted octanol–water partition coefficient (Wildman–Crippen LogP) is 5.37. The molecule has 134 valence electrons. The Bertz CT molecular complexity index is 594. The van der Waals surface area contributed by atoms with Crippen molar-refractivity contribution in [3.63, 3.8) is 0 Å². The largest absolute Gasteiger partial charge is 0.462 e. The van der Waals surface area contributed by atoms with Crippen LogP contribution in [0, 0.1) is 22.7 Å². The van der Waals surface area contributed by atoms with Gasteiger partial charge >= 0.3 is 5.97 Å². The van der Waals surface area contributed by atoms with Crippen LogP contribution in [-0.4, -0.2) is 12.3 Å². The minimum absolute atomic E-state index is 0.0243. The molecule has 0 bridgehead atoms. The van der Waals surface area contributed by atoms with Gasteiger partial charge < -0.3 is 9.47 Å². The van der Waals surface area contributed by atoms with E-state index in [1.165, 1.54) is 31.8 Å². The van der Waals surface area contributed by atoms with E-state index in [9.17, 15) is 4.79 Å². The van der Waals surface area contributed by atoms with Gasteiger partial charge in [-0.05, 0) is 61.3 Å². The Kier molecular flexibility index (Phi) is 4.34. The molecule has 0 aromatic rings. The fourth-order valence-corrected chi connectivity index (χ4v) is 5.60. The summed E-state index contributed by atoms with van der Waals surface area (Å²) in [7, 11) is 0. The molecule has 3 heteroatoms. The Hall–Kier alpha value is -1.25. The molecule has 0 N–H and O–H groups in total. The van der Waals surface area contributed by atoms with Crippen LogP contribution in [0.5, 0.6) is 0 Å². The van der Waals surface area contributed by atoms with Gasteiger partial charge in [0.15, 0.2) is 0 Å². The summed E-state index contributed by atoms with van der Waals surface area (Å²) in [5.74, 6) is 0.423. The molecule has 0 aromatic heterocycles. The number of carbonyl (C=O) groups is 1. The molecule has 3 atom stereocenters. The molecule has 3 nitrogen and oxygen atoms in total. The minimum atomic E-state index is -0.454. The van der Waals surface area contributed by atoms with Gasteiger partial charge in [-0.15, -0.1) is 0 Å². The van der Waals surface area contributed by atoms with Crippen molar-refractivity contribution < 1.29 is 14.3 Å². The van der Waals surface area contributed by atoms with Gasteiger partial charge in [-0.2, -0.15) is 0 Å². The number of esters is 1. The van der Waals surface area contributed by atoms with Crippen molar-refractivity contribution >= 4 is 5.97 Å². The fourth-order valence-electron chi connectivity index (χ4n) is 5.60. The van der Waals surface area contributed by atoms with Gasteiger partial charge in [-0.3, -0.25) is 4.79 Å². The Labute approximate surface area is 146 Å². The van der Waals surface area contributed by atoms with Gasteiger partial charge in [-0.1, -0.05) is 38.8 Å². The van der Waals surface area contributed by atoms with Gasteiger partial charge in [-0.25, -0.2) is 0 Å². The van der Waals surface area contributed by atoms with Crippen LogP contribution in [0.4, 0.5) is 0 Å². The van der Waals surface area contributed by atoms with Gasteiger partial charge in [0.2, 0.25) is 6.29 Å². The van der Waals surface area contributed by atoms with Crippen LogP contribution in [0.25, 0.3) is 0 Å². The van der Waals surface area contributed by atoms with Crippen molar-refractivity contribution in [1.82, 2.24) is 0 Å². The second kappa shape index (κ2) is 5.93. The van der Waals surface area contributed by atoms with E-state index in [1.54, 1.807) is 11.1 Å². The highest BCUT2D eigenvalue weighted by Gasteiger charge is 2.52. The van der Waals surface area contributed by atoms with Crippen molar-refractivity contribution in [2.45, 2.75) is 79.9 Å². The summed E-state index contributed by atoms with van der Waals surface area (Å²) in [6, 6.07) is 0. The highest BCUT2D eigenvalue weighted by Crippen LogP contribution is 2.56. The van der Waals surface area contributed by atoms with Gasteiger partial charge in [0.1, 0.15) is 0 Å². The molecular formula is C21H32O3. The smallest absolute Gasteiger partial charge is 0.305 e. The Morgan fingerprint density at radius 1 is 1.21 bits per heavy atom. The summed E-state index contributed by atoms with van der Waals surface area (Å²) >= 11 is 0. The molecule has 2 aliphatic carbocycles. The Morgan fingerprint density at radius 3 is 2.50 bits per heavy atom. The average molecular weight is 332 g/mol. The van der Waals surface area contributed by atoms with E-state index < -0.39 is 6.29 Å². The lowest BCUT2D eigenvalue weighted by Crippen LogP contribution is -2.44. The lowest BCUT2D eigenvalue weighted by molar-refractivity contribution is -0.177. The number of carbonyl (C=O) groups excluding carboxylic acids is 1. The Balaban J connectivity index is 1.93. The highest BCUT2D eigenvalue weighted by atomic mass is 16.7. The number of hydrogen-bond acceptors (Lipinski definition) is 3. The number of rotatable bonds is 2. The summed E-state index contributed by atoms with van der Waals surface area (Å²) in [4.78, 5) is 11.5. The first-order chi connectivity index (χ1) is 11.1. The van der Waals surface area contributed by atoms with Crippen molar-refractivity contribution in [3.05, 3.63) is 23.0 Å². The van der Waals surface area contributed by atoms with Crippen molar-refractivity contribution in [2.24, 2.45) is 22.7 Å². The van der Waals surface area contributed by atoms with Gasteiger partial charge in [0.25, 0.3) is 0 Å². The first-order valence-corrected chi connectivity index (χ1v) is 9.36. The SMILES string of the molecule is CC(=O)O[C@@H]1OC=C2CC[C@@H](/C(C)=C3/CCCC3(C)C)C(C)(C)[C@H]21. The van der Waals surface area contributed by atoms with Crippen LogP contribution in [0.2, 0.25) is 0 Å². The summed E-state index contributed by atoms with van der Waals surface area (Å²) in [6.45, 7) is 13.2. The van der Waals surface area contributed by atoms with Crippen LogP contribution in [-0.2, 0) is 14.3 Å². The third kappa shape index (κ3) is 2.80. The lowest BCUT2D eigenvalue weighted by Gasteiger charge is -2.47. The molecule has 3 aliphatic rings. The summed E-state index contributed by atoms with van der Waals surface area (Å²) in [6.07, 6.45) is 7.44. The highest BCUT2D eigenvalue weighted by molar-refractivity contribution is 5.66. The van der Waals surface area contributed by atoms with Crippen molar-refractivity contribution in [2.75, 3.05) is 0 Å². The third-order valence-electron chi connectivity index (χ3n) is 6.77. The zero-order valence-electron chi connectivity index (χ0n) is 16.1. The molecule has 0 unspecified atom stereocenters. The van der Waals surface area contributed by atoms with Gasteiger partial charge in [0.05, 0.1) is 12.2 Å². The topological polar surface area (TPSA) is 35.5 Å². The zero-order chi connectivity index (χ0) is 17.7. The van der Waals surface area contributed by atoms with Crippen LogP contribution in [0.1, 0.15) is 73.6 Å². The van der Waals surface area contributed by atoms with E-state index in [-0.39, 0.29) is 17.3 Å². The monoisotopic (exact) mass is 332 g/mol. The van der Waals surface area contributed by atoms with E-state index >= 15 is 0 Å². The average Bonchev–Trinajstić information content (AvgIpc) is 3.01. The molecule has 3 rings (SSSR count). The zero-order valence-corrected chi connectivity index (χ0v) is 16.1. The fraction of sp³-hybridized carbons (Fsp3) is 0.762. The number of allylic oxidation sites excluding steroid dienone is 2. The molecule has 2 saturated carbocycles. The van der Waals surface area contributed by atoms with E-state index in [0.29, 0.717) is 11.3 Å². The lowest BCUT2D eigenvalue weighted by atomic mass is 9.58. The molecule has 1 aliphatic heterocycles. The standard InChI is InChI=1S/C21H32O3/c1-13(16-8-7-11-20(16,3)4)17-10-9-15-12-23-19(24-14(2)22)18(15)21(17,5)6/h12,17-19H,7-11H2,1-6H3/b16-13-/t17-,18+,19-/m0/s1. The summed E-state index contributed by atoms with van der Waals surface area (Å²) in [5, 5.41) is 0. The van der Waals surface area contributed by atoms with E-state index in [4.69, 9.17) is 9.47 Å². The van der Waals surface area contributed by atoms with Crippen LogP contribution < -0.4 is 0 Å². The molecule has 2 fully saturated rings. The molecule has 0 spiro atoms. The molecule has 0 amide bonds. The van der Waals surface area contributed by atoms with Crippen LogP contribution in [0.15, 0.2) is 23.0 Å². The number of ether oxygens (including phenoxy) is 2. The normalized spacial score (nSPS) is 35.8. The summed E-state index contributed by atoms with van der Waals surface area (Å²) in [5.41, 5.74) is 4.91. The summed E-state index contributed by atoms with van der Waals surface area (Å²) < 4.78 is 11.2. The van der Waals surface area contributed by atoms with Crippen molar-refractivity contribution in [3.8, 4) is 0 Å². The van der Waals surface area contributed by atoms with Crippen molar-refractivity contribution in [1.29, 1.82) is 0 Å². The number of fused-ring (bicyclic) bond motifs is 1. The molecule has 1 heterocycles. The van der Waals surface area contributed by atoms with Gasteiger partial charge in [0, 0.05) is 6.92 Å².